The molecule has 0 radical (unpaired) electrons. The molecular weight excluding hydrogens is 298 g/mol. The molecule has 0 aliphatic carbocycles. The van der Waals surface area contributed by atoms with Crippen molar-refractivity contribution in [1.29, 1.82) is 0 Å². The van der Waals surface area contributed by atoms with E-state index in [9.17, 15) is 0 Å². The topological polar surface area (TPSA) is 48.2 Å². The predicted octanol–water partition coefficient (Wildman–Crippen LogP) is 3.74. The Morgan fingerprint density at radius 1 is 1.11 bits per heavy atom. The summed E-state index contributed by atoms with van der Waals surface area (Å²) in [5.74, 6) is 1.91. The molecule has 0 fully saturated rings. The Morgan fingerprint density at radius 3 is 2.61 bits per heavy atom. The lowest BCUT2D eigenvalue weighted by Crippen LogP contribution is -1.95. The van der Waals surface area contributed by atoms with E-state index in [0.29, 0.717) is 39.9 Å². The van der Waals surface area contributed by atoms with Gasteiger partial charge in [0.25, 0.3) is 5.89 Å². The van der Waals surface area contributed by atoms with Gasteiger partial charge >= 0.3 is 0 Å². The summed E-state index contributed by atoms with van der Waals surface area (Å²) >= 11 is 17.2. The summed E-state index contributed by atoms with van der Waals surface area (Å²) in [5, 5.41) is 8.56. The molecule has 4 nitrogen and oxygen atoms in total. The number of aromatic nitrogens is 2. The Hall–Kier alpha value is -0.970. The van der Waals surface area contributed by atoms with E-state index in [1.807, 2.05) is 0 Å². The van der Waals surface area contributed by atoms with Crippen LogP contribution >= 0.6 is 34.8 Å². The van der Waals surface area contributed by atoms with Crippen LogP contribution in [0, 0.1) is 0 Å². The highest BCUT2D eigenvalue weighted by atomic mass is 35.5. The van der Waals surface area contributed by atoms with Gasteiger partial charge in [-0.25, -0.2) is 0 Å². The molecule has 0 amide bonds. The summed E-state index contributed by atoms with van der Waals surface area (Å²) in [7, 11) is 0. The number of hydrogen-bond donors (Lipinski definition) is 0. The number of aryl methyl sites for hydroxylation is 1. The monoisotopic (exact) mass is 306 g/mol. The lowest BCUT2D eigenvalue weighted by atomic mass is 10.3. The minimum atomic E-state index is 0.174. The van der Waals surface area contributed by atoms with Crippen molar-refractivity contribution in [2.24, 2.45) is 0 Å². The van der Waals surface area contributed by atoms with Crippen LogP contribution in [0.2, 0.25) is 10.0 Å². The quantitative estimate of drug-likeness (QED) is 0.790. The van der Waals surface area contributed by atoms with Gasteiger partial charge in [-0.1, -0.05) is 23.2 Å². The third kappa shape index (κ3) is 3.51. The van der Waals surface area contributed by atoms with Crippen molar-refractivity contribution in [1.82, 2.24) is 10.2 Å². The zero-order valence-corrected chi connectivity index (χ0v) is 11.5. The molecule has 0 spiro atoms. The molecule has 0 saturated heterocycles. The maximum absolute atomic E-state index is 5.86. The zero-order valence-electron chi connectivity index (χ0n) is 9.20. The summed E-state index contributed by atoms with van der Waals surface area (Å²) in [5.41, 5.74) is 0. The number of rotatable bonds is 5. The van der Waals surface area contributed by atoms with E-state index in [1.165, 1.54) is 0 Å². The smallest absolute Gasteiger partial charge is 0.253 e. The van der Waals surface area contributed by atoms with E-state index < -0.39 is 0 Å². The normalized spacial score (nSPS) is 10.6. The summed E-state index contributed by atoms with van der Waals surface area (Å²) in [6, 6.07) is 5.00. The Bertz CT molecular complexity index is 531. The van der Waals surface area contributed by atoms with Gasteiger partial charge in [0.2, 0.25) is 5.89 Å². The highest BCUT2D eigenvalue weighted by Gasteiger charge is 2.07. The van der Waals surface area contributed by atoms with E-state index in [0.717, 1.165) is 0 Å². The van der Waals surface area contributed by atoms with E-state index in [2.05, 4.69) is 10.2 Å². The van der Waals surface area contributed by atoms with Crippen LogP contribution in [0.5, 0.6) is 5.75 Å². The number of halogens is 3. The maximum atomic E-state index is 5.86. The molecule has 1 aromatic heterocycles. The third-order valence-electron chi connectivity index (χ3n) is 2.07. The number of benzene rings is 1. The molecule has 1 aromatic carbocycles. The molecule has 7 heteroatoms. The lowest BCUT2D eigenvalue weighted by molar-refractivity contribution is 0.259. The van der Waals surface area contributed by atoms with Crippen LogP contribution in [0.25, 0.3) is 0 Å². The van der Waals surface area contributed by atoms with Crippen LogP contribution in [0.4, 0.5) is 0 Å². The fraction of sp³-hybridized carbons (Fsp3) is 0.273. The van der Waals surface area contributed by atoms with Gasteiger partial charge < -0.3 is 9.15 Å². The van der Waals surface area contributed by atoms with Crippen molar-refractivity contribution >= 4 is 34.8 Å². The van der Waals surface area contributed by atoms with Crippen molar-refractivity contribution in [3.63, 3.8) is 0 Å². The molecule has 0 saturated carbocycles. The van der Waals surface area contributed by atoms with Gasteiger partial charge in [0.15, 0.2) is 6.61 Å². The van der Waals surface area contributed by atoms with Crippen molar-refractivity contribution < 1.29 is 9.15 Å². The zero-order chi connectivity index (χ0) is 13.0. The molecule has 2 rings (SSSR count). The second-order valence-corrected chi connectivity index (χ2v) is 4.59. The van der Waals surface area contributed by atoms with E-state index in [-0.39, 0.29) is 6.61 Å². The second kappa shape index (κ2) is 6.27. The van der Waals surface area contributed by atoms with Crippen LogP contribution in [0.15, 0.2) is 22.6 Å². The maximum Gasteiger partial charge on any atom is 0.253 e. The molecule has 0 atom stereocenters. The first-order valence-electron chi connectivity index (χ1n) is 5.14. The average molecular weight is 308 g/mol. The average Bonchev–Trinajstić information content (AvgIpc) is 2.79. The second-order valence-electron chi connectivity index (χ2n) is 3.39. The van der Waals surface area contributed by atoms with Gasteiger partial charge in [-0.2, -0.15) is 0 Å². The van der Waals surface area contributed by atoms with Crippen LogP contribution in [-0.2, 0) is 13.0 Å². The largest absolute Gasteiger partial charge is 0.484 e. The van der Waals surface area contributed by atoms with Crippen molar-refractivity contribution in [3.8, 4) is 5.75 Å². The van der Waals surface area contributed by atoms with E-state index in [1.54, 1.807) is 18.2 Å². The van der Waals surface area contributed by atoms with Crippen LogP contribution in [0.3, 0.4) is 0 Å². The lowest BCUT2D eigenvalue weighted by Gasteiger charge is -2.04. The Morgan fingerprint density at radius 2 is 1.89 bits per heavy atom. The Kier molecular flexibility index (Phi) is 4.69. The molecule has 0 unspecified atom stereocenters. The highest BCUT2D eigenvalue weighted by Crippen LogP contribution is 2.26. The van der Waals surface area contributed by atoms with Crippen LogP contribution in [0.1, 0.15) is 11.8 Å². The molecule has 2 aromatic rings. The van der Waals surface area contributed by atoms with E-state index in [4.69, 9.17) is 44.0 Å². The van der Waals surface area contributed by atoms with Gasteiger partial charge in [-0.05, 0) is 12.1 Å². The van der Waals surface area contributed by atoms with Gasteiger partial charge in [0.1, 0.15) is 5.75 Å². The van der Waals surface area contributed by atoms with Crippen molar-refractivity contribution in [2.45, 2.75) is 13.0 Å². The molecule has 0 bridgehead atoms. The number of alkyl halides is 1. The number of ether oxygens (including phenoxy) is 1. The fourth-order valence-electron chi connectivity index (χ4n) is 1.24. The number of nitrogens with zero attached hydrogens (tertiary/aromatic N) is 2. The standard InChI is InChI=1S/C11H9Cl3N2O2/c12-4-3-10-15-16-11(18-10)6-17-7-1-2-8(13)9(14)5-7/h1-2,5H,3-4,6H2. The van der Waals surface area contributed by atoms with E-state index >= 15 is 0 Å². The molecule has 96 valence electrons. The highest BCUT2D eigenvalue weighted by molar-refractivity contribution is 6.42. The summed E-state index contributed by atoms with van der Waals surface area (Å²) in [6.07, 6.45) is 0.543. The summed E-state index contributed by atoms with van der Waals surface area (Å²) < 4.78 is 10.8. The van der Waals surface area contributed by atoms with Gasteiger partial charge in [0, 0.05) is 18.4 Å². The minimum absolute atomic E-state index is 0.174. The van der Waals surface area contributed by atoms with Crippen molar-refractivity contribution in [3.05, 3.63) is 40.0 Å². The van der Waals surface area contributed by atoms with Gasteiger partial charge in [0.05, 0.1) is 10.0 Å². The first kappa shape index (κ1) is 13.5. The molecule has 0 N–H and O–H groups in total. The third-order valence-corrected chi connectivity index (χ3v) is 3.00. The molecular formula is C11H9Cl3N2O2. The molecule has 0 aliphatic rings. The first-order valence-corrected chi connectivity index (χ1v) is 6.43. The van der Waals surface area contributed by atoms with Gasteiger partial charge in [-0.3, -0.25) is 0 Å². The Labute approximate surface area is 119 Å². The van der Waals surface area contributed by atoms with Crippen LogP contribution < -0.4 is 4.74 Å². The van der Waals surface area contributed by atoms with Gasteiger partial charge in [-0.15, -0.1) is 21.8 Å². The van der Waals surface area contributed by atoms with Crippen LogP contribution in [-0.4, -0.2) is 16.1 Å². The molecule has 0 aliphatic heterocycles. The number of hydrogen-bond acceptors (Lipinski definition) is 4. The fourth-order valence-corrected chi connectivity index (χ4v) is 1.69. The SMILES string of the molecule is ClCCc1nnc(COc2ccc(Cl)c(Cl)c2)o1. The molecule has 18 heavy (non-hydrogen) atoms. The Balaban J connectivity index is 1.95. The minimum Gasteiger partial charge on any atom is -0.484 e. The predicted molar refractivity (Wildman–Crippen MR) is 69.5 cm³/mol. The first-order chi connectivity index (χ1) is 8.69. The van der Waals surface area contributed by atoms with Crippen molar-refractivity contribution in [2.75, 3.05) is 5.88 Å². The summed E-state index contributed by atoms with van der Waals surface area (Å²) in [6.45, 7) is 0.174. The molecule has 1 heterocycles. The summed E-state index contributed by atoms with van der Waals surface area (Å²) in [4.78, 5) is 0.